The number of benzene rings is 2. The first-order valence-electron chi connectivity index (χ1n) is 8.72. The van der Waals surface area contributed by atoms with Crippen molar-refractivity contribution in [3.05, 3.63) is 71.5 Å². The second kappa shape index (κ2) is 9.10. The number of carboxylic acids is 1. The van der Waals surface area contributed by atoms with Gasteiger partial charge in [-0.05, 0) is 23.8 Å². The van der Waals surface area contributed by atoms with Crippen LogP contribution in [0.5, 0.6) is 5.75 Å². The molecule has 30 heavy (non-hydrogen) atoms. The van der Waals surface area contributed by atoms with Gasteiger partial charge in [0.05, 0.1) is 12.8 Å². The number of hydrogen-bond acceptors (Lipinski definition) is 6. The molecule has 0 aliphatic carbocycles. The summed E-state index contributed by atoms with van der Waals surface area (Å²) in [6.07, 6.45) is 3.96. The number of halogens is 1. The molecule has 0 saturated heterocycles. The van der Waals surface area contributed by atoms with Crippen LogP contribution in [0.2, 0.25) is 5.02 Å². The Hall–Kier alpha value is -3.17. The maximum absolute atomic E-state index is 12.3. The number of aliphatic carboxylic acids is 1. The van der Waals surface area contributed by atoms with E-state index in [0.717, 1.165) is 16.1 Å². The molecule has 0 amide bonds. The molecule has 0 radical (unpaired) electrons. The summed E-state index contributed by atoms with van der Waals surface area (Å²) in [5.74, 6) is -0.810. The van der Waals surface area contributed by atoms with Crippen molar-refractivity contribution >= 4 is 33.5 Å². The van der Waals surface area contributed by atoms with E-state index in [2.05, 4.69) is 9.97 Å². The molecule has 0 bridgehead atoms. The molecule has 1 N–H and O–H groups in total. The Morgan fingerprint density at radius 3 is 2.40 bits per heavy atom. The van der Waals surface area contributed by atoms with Crippen LogP contribution < -0.4 is 9.04 Å². The van der Waals surface area contributed by atoms with E-state index in [1.54, 1.807) is 18.2 Å². The zero-order valence-corrected chi connectivity index (χ0v) is 17.5. The lowest BCUT2D eigenvalue weighted by atomic mass is 10.1. The third-order valence-electron chi connectivity index (χ3n) is 4.03. The lowest BCUT2D eigenvalue weighted by molar-refractivity contribution is -0.139. The summed E-state index contributed by atoms with van der Waals surface area (Å²) in [5, 5.41) is 9.26. The number of carbonyl (C=O) groups is 1. The fraction of sp³-hybridized carbons (Fsp3) is 0.150. The molecule has 3 aromatic rings. The van der Waals surface area contributed by atoms with E-state index in [1.807, 2.05) is 30.3 Å². The Bertz CT molecular complexity index is 1140. The van der Waals surface area contributed by atoms with Gasteiger partial charge >= 0.3 is 5.97 Å². The summed E-state index contributed by atoms with van der Waals surface area (Å²) >= 11 is 6.06. The quantitative estimate of drug-likeness (QED) is 0.564. The minimum atomic E-state index is -3.63. The lowest BCUT2D eigenvalue weighted by Gasteiger charge is -2.20. The summed E-state index contributed by atoms with van der Waals surface area (Å²) in [4.78, 5) is 19.2. The number of hydrogen-bond donors (Lipinski definition) is 1. The second-order valence-electron chi connectivity index (χ2n) is 6.35. The predicted octanol–water partition coefficient (Wildman–Crippen LogP) is 3.23. The van der Waals surface area contributed by atoms with Gasteiger partial charge in [-0.2, -0.15) is 0 Å². The fourth-order valence-corrected chi connectivity index (χ4v) is 3.61. The molecule has 1 heterocycles. The third-order valence-corrected chi connectivity index (χ3v) is 5.36. The number of ether oxygens (including phenoxy) is 1. The van der Waals surface area contributed by atoms with E-state index in [1.165, 1.54) is 12.4 Å². The van der Waals surface area contributed by atoms with E-state index in [0.29, 0.717) is 21.9 Å². The van der Waals surface area contributed by atoms with Crippen LogP contribution in [0.3, 0.4) is 0 Å². The van der Waals surface area contributed by atoms with Crippen molar-refractivity contribution in [1.82, 2.24) is 9.97 Å². The van der Waals surface area contributed by atoms with Crippen LogP contribution in [0.15, 0.2) is 60.9 Å². The molecule has 0 fully saturated rings. The maximum Gasteiger partial charge on any atom is 0.341 e. The SMILES string of the molecule is CS(=O)(=O)N(Cc1ccccc1)c1ncc(-c2cc(Cl)ccc2OCC(=O)O)cn1. The Morgan fingerprint density at radius 2 is 1.80 bits per heavy atom. The fourth-order valence-electron chi connectivity index (χ4n) is 2.67. The monoisotopic (exact) mass is 447 g/mol. The van der Waals surface area contributed by atoms with Crippen molar-refractivity contribution in [1.29, 1.82) is 0 Å². The van der Waals surface area contributed by atoms with Crippen LogP contribution >= 0.6 is 11.6 Å². The van der Waals surface area contributed by atoms with Crippen molar-refractivity contribution in [3.8, 4) is 16.9 Å². The van der Waals surface area contributed by atoms with Gasteiger partial charge in [-0.3, -0.25) is 0 Å². The summed E-state index contributed by atoms with van der Waals surface area (Å²) in [6.45, 7) is -0.435. The molecule has 0 unspecified atom stereocenters. The molecule has 2 aromatic carbocycles. The number of sulfonamides is 1. The van der Waals surface area contributed by atoms with Crippen molar-refractivity contribution in [2.45, 2.75) is 6.54 Å². The standard InChI is InChI=1S/C20H18ClN3O5S/c1-30(27,28)24(12-14-5-3-2-4-6-14)20-22-10-15(11-23-20)17-9-16(21)7-8-18(17)29-13-19(25)26/h2-11H,12-13H2,1H3,(H,25,26). The molecule has 156 valence electrons. The number of aromatic nitrogens is 2. The highest BCUT2D eigenvalue weighted by atomic mass is 35.5. The topological polar surface area (TPSA) is 110 Å². The summed E-state index contributed by atoms with van der Waals surface area (Å²) in [5.41, 5.74) is 1.77. The van der Waals surface area contributed by atoms with Gasteiger partial charge in [0, 0.05) is 28.5 Å². The molecular formula is C20H18ClN3O5S. The van der Waals surface area contributed by atoms with E-state index < -0.39 is 22.6 Å². The number of carboxylic acid groups (broad SMARTS) is 1. The number of rotatable bonds is 8. The Morgan fingerprint density at radius 1 is 1.13 bits per heavy atom. The molecule has 0 atom stereocenters. The highest BCUT2D eigenvalue weighted by Crippen LogP contribution is 2.32. The van der Waals surface area contributed by atoms with Gasteiger partial charge in [-0.15, -0.1) is 0 Å². The molecule has 3 rings (SSSR count). The first-order chi connectivity index (χ1) is 14.2. The van der Waals surface area contributed by atoms with Gasteiger partial charge in [0.15, 0.2) is 6.61 Å². The molecule has 10 heteroatoms. The highest BCUT2D eigenvalue weighted by Gasteiger charge is 2.21. The van der Waals surface area contributed by atoms with Gasteiger partial charge in [0.25, 0.3) is 0 Å². The maximum atomic E-state index is 12.3. The summed E-state index contributed by atoms with van der Waals surface area (Å²) in [7, 11) is -3.63. The van der Waals surface area contributed by atoms with Crippen LogP contribution in [0.4, 0.5) is 5.95 Å². The molecular weight excluding hydrogens is 430 g/mol. The van der Waals surface area contributed by atoms with Gasteiger partial charge in [0.2, 0.25) is 16.0 Å². The minimum Gasteiger partial charge on any atom is -0.481 e. The molecule has 1 aromatic heterocycles. The van der Waals surface area contributed by atoms with E-state index >= 15 is 0 Å². The van der Waals surface area contributed by atoms with E-state index in [9.17, 15) is 13.2 Å². The largest absolute Gasteiger partial charge is 0.481 e. The number of anilines is 1. The molecule has 0 saturated carbocycles. The van der Waals surface area contributed by atoms with Gasteiger partial charge < -0.3 is 9.84 Å². The second-order valence-corrected chi connectivity index (χ2v) is 8.69. The van der Waals surface area contributed by atoms with Crippen molar-refractivity contribution in [2.24, 2.45) is 0 Å². The smallest absolute Gasteiger partial charge is 0.341 e. The highest BCUT2D eigenvalue weighted by molar-refractivity contribution is 7.92. The Labute approximate surface area is 178 Å². The van der Waals surface area contributed by atoms with Crippen LogP contribution in [0, 0.1) is 0 Å². The number of nitrogens with zero attached hydrogens (tertiary/aromatic N) is 3. The van der Waals surface area contributed by atoms with E-state index in [-0.39, 0.29) is 12.5 Å². The summed E-state index contributed by atoms with van der Waals surface area (Å²) < 4.78 is 31.0. The average molecular weight is 448 g/mol. The van der Waals surface area contributed by atoms with Crippen LogP contribution in [-0.4, -0.2) is 42.3 Å². The molecule has 0 aliphatic heterocycles. The third kappa shape index (κ3) is 5.46. The predicted molar refractivity (Wildman–Crippen MR) is 113 cm³/mol. The first-order valence-corrected chi connectivity index (χ1v) is 10.9. The van der Waals surface area contributed by atoms with Crippen LogP contribution in [0.1, 0.15) is 5.56 Å². The zero-order chi connectivity index (χ0) is 21.7. The lowest BCUT2D eigenvalue weighted by Crippen LogP contribution is -2.30. The minimum absolute atomic E-state index is 0.0140. The summed E-state index contributed by atoms with van der Waals surface area (Å²) in [6, 6.07) is 13.8. The van der Waals surface area contributed by atoms with E-state index in [4.69, 9.17) is 21.4 Å². The Kier molecular flexibility index (Phi) is 6.53. The average Bonchev–Trinajstić information content (AvgIpc) is 2.71. The van der Waals surface area contributed by atoms with Crippen molar-refractivity contribution in [3.63, 3.8) is 0 Å². The zero-order valence-electron chi connectivity index (χ0n) is 15.9. The normalized spacial score (nSPS) is 11.1. The molecule has 8 nitrogen and oxygen atoms in total. The van der Waals surface area contributed by atoms with Crippen molar-refractivity contribution in [2.75, 3.05) is 17.2 Å². The molecule has 0 spiro atoms. The Balaban J connectivity index is 1.93. The van der Waals surface area contributed by atoms with Gasteiger partial charge in [-0.25, -0.2) is 27.5 Å². The van der Waals surface area contributed by atoms with Gasteiger partial charge in [-0.1, -0.05) is 41.9 Å². The van der Waals surface area contributed by atoms with Crippen LogP contribution in [-0.2, 0) is 21.4 Å². The van der Waals surface area contributed by atoms with Gasteiger partial charge in [0.1, 0.15) is 5.75 Å². The molecule has 0 aliphatic rings. The van der Waals surface area contributed by atoms with Crippen LogP contribution in [0.25, 0.3) is 11.1 Å². The van der Waals surface area contributed by atoms with Crippen molar-refractivity contribution < 1.29 is 23.1 Å². The first kappa shape index (κ1) is 21.5.